The van der Waals surface area contributed by atoms with E-state index in [-0.39, 0.29) is 5.91 Å². The monoisotopic (exact) mass is 471 g/mol. The van der Waals surface area contributed by atoms with Crippen molar-refractivity contribution in [1.29, 1.82) is 0 Å². The highest BCUT2D eigenvalue weighted by molar-refractivity contribution is 9.11. The van der Waals surface area contributed by atoms with Gasteiger partial charge < -0.3 is 9.73 Å². The Labute approximate surface area is 168 Å². The molecule has 1 N–H and O–H groups in total. The van der Waals surface area contributed by atoms with E-state index in [4.69, 9.17) is 4.42 Å². The molecule has 1 aromatic heterocycles. The summed E-state index contributed by atoms with van der Waals surface area (Å²) in [5.74, 6) is 0.656. The van der Waals surface area contributed by atoms with Gasteiger partial charge in [-0.25, -0.2) is 0 Å². The van der Waals surface area contributed by atoms with Gasteiger partial charge in [-0.05, 0) is 49.2 Å². The lowest BCUT2D eigenvalue weighted by molar-refractivity contribution is 0.0967. The molecule has 1 amide bonds. The van der Waals surface area contributed by atoms with Crippen molar-refractivity contribution in [1.82, 2.24) is 5.32 Å². The van der Waals surface area contributed by atoms with Crippen molar-refractivity contribution in [3.8, 4) is 0 Å². The quantitative estimate of drug-likeness (QED) is 0.475. The summed E-state index contributed by atoms with van der Waals surface area (Å²) in [5, 5.41) is 4.10. The third-order valence-corrected chi connectivity index (χ3v) is 5.18. The zero-order valence-corrected chi connectivity index (χ0v) is 16.9. The van der Waals surface area contributed by atoms with Crippen LogP contribution >= 0.6 is 31.9 Å². The number of hydrogen-bond donors (Lipinski definition) is 1. The van der Waals surface area contributed by atoms with Crippen LogP contribution in [0.15, 0.2) is 79.7 Å². The van der Waals surface area contributed by atoms with Crippen LogP contribution in [0.25, 0.3) is 16.5 Å². The Bertz CT molecular complexity index is 1010. The maximum Gasteiger partial charge on any atom is 0.255 e. The van der Waals surface area contributed by atoms with Crippen LogP contribution in [0.4, 0.5) is 0 Å². The number of hydrogen-bond acceptors (Lipinski definition) is 2. The van der Waals surface area contributed by atoms with Crippen molar-refractivity contribution in [3.63, 3.8) is 0 Å². The van der Waals surface area contributed by atoms with E-state index in [1.165, 1.54) is 0 Å². The van der Waals surface area contributed by atoms with Crippen molar-refractivity contribution >= 4 is 54.3 Å². The van der Waals surface area contributed by atoms with Crippen molar-refractivity contribution in [2.75, 3.05) is 0 Å². The standard InChI is InChI=1S/C21H15Br2NO2/c22-15-9-14(10-16(23)12-15)21(25)24-18-7-3-2-6-17(18)20-11-13-5-1-4-8-19(13)26-20/h1,3-5,7-12H,2,6H2,(H,24,25). The predicted octanol–water partition coefficient (Wildman–Crippen LogP) is 6.45. The summed E-state index contributed by atoms with van der Waals surface area (Å²) in [4.78, 5) is 12.7. The summed E-state index contributed by atoms with van der Waals surface area (Å²) in [5.41, 5.74) is 3.25. The third kappa shape index (κ3) is 3.55. The molecule has 5 heteroatoms. The number of amides is 1. The molecule has 0 radical (unpaired) electrons. The van der Waals surface area contributed by atoms with Gasteiger partial charge in [-0.3, -0.25) is 4.79 Å². The molecule has 0 aliphatic heterocycles. The van der Waals surface area contributed by atoms with Gasteiger partial charge in [0.2, 0.25) is 0 Å². The Balaban J connectivity index is 1.70. The molecule has 0 saturated heterocycles. The number of allylic oxidation sites excluding steroid dienone is 3. The second-order valence-corrected chi connectivity index (χ2v) is 7.93. The summed E-state index contributed by atoms with van der Waals surface area (Å²) in [6.07, 6.45) is 5.78. The predicted molar refractivity (Wildman–Crippen MR) is 111 cm³/mol. The molecule has 0 unspecified atom stereocenters. The molecule has 0 saturated carbocycles. The van der Waals surface area contributed by atoms with E-state index in [0.29, 0.717) is 5.56 Å². The smallest absolute Gasteiger partial charge is 0.255 e. The number of para-hydroxylation sites is 1. The van der Waals surface area contributed by atoms with Crippen molar-refractivity contribution in [2.24, 2.45) is 0 Å². The molecule has 0 spiro atoms. The van der Waals surface area contributed by atoms with E-state index in [1.54, 1.807) is 12.1 Å². The Morgan fingerprint density at radius 3 is 2.58 bits per heavy atom. The van der Waals surface area contributed by atoms with Gasteiger partial charge in [0.15, 0.2) is 0 Å². The van der Waals surface area contributed by atoms with Crippen molar-refractivity contribution < 1.29 is 9.21 Å². The van der Waals surface area contributed by atoms with E-state index >= 15 is 0 Å². The number of carbonyl (C=O) groups is 1. The second-order valence-electron chi connectivity index (χ2n) is 6.09. The van der Waals surface area contributed by atoms with Gasteiger partial charge >= 0.3 is 0 Å². The summed E-state index contributed by atoms with van der Waals surface area (Å²) in [7, 11) is 0. The van der Waals surface area contributed by atoms with Crippen molar-refractivity contribution in [2.45, 2.75) is 12.8 Å². The van der Waals surface area contributed by atoms with E-state index in [2.05, 4.69) is 43.3 Å². The van der Waals surface area contributed by atoms with E-state index in [0.717, 1.165) is 49.8 Å². The number of rotatable bonds is 3. The maximum absolute atomic E-state index is 12.7. The first-order chi connectivity index (χ1) is 12.6. The van der Waals surface area contributed by atoms with Crippen molar-refractivity contribution in [3.05, 3.63) is 86.6 Å². The first-order valence-electron chi connectivity index (χ1n) is 8.26. The highest BCUT2D eigenvalue weighted by atomic mass is 79.9. The molecule has 4 rings (SSSR count). The summed E-state index contributed by atoms with van der Waals surface area (Å²) < 4.78 is 7.70. The van der Waals surface area contributed by atoms with Gasteiger partial charge in [0.05, 0.1) is 0 Å². The fourth-order valence-electron chi connectivity index (χ4n) is 3.05. The minimum Gasteiger partial charge on any atom is -0.456 e. The molecule has 130 valence electrons. The van der Waals surface area contributed by atoms with Gasteiger partial charge in [-0.15, -0.1) is 0 Å². The highest BCUT2D eigenvalue weighted by Gasteiger charge is 2.18. The summed E-state index contributed by atoms with van der Waals surface area (Å²) in [6.45, 7) is 0. The molecule has 3 aromatic rings. The lowest BCUT2D eigenvalue weighted by Gasteiger charge is -2.15. The Kier molecular flexibility index (Phi) is 4.83. The number of furan rings is 1. The van der Waals surface area contributed by atoms with Gasteiger partial charge in [-0.2, -0.15) is 0 Å². The Hall–Kier alpha value is -2.11. The van der Waals surface area contributed by atoms with Crippen LogP contribution in [-0.4, -0.2) is 5.91 Å². The molecular weight excluding hydrogens is 458 g/mol. The largest absolute Gasteiger partial charge is 0.456 e. The van der Waals surface area contributed by atoms with Crippen LogP contribution in [-0.2, 0) is 0 Å². The van der Waals surface area contributed by atoms with Gasteiger partial charge in [0, 0.05) is 31.2 Å². The van der Waals surface area contributed by atoms with Gasteiger partial charge in [-0.1, -0.05) is 56.1 Å². The Morgan fingerprint density at radius 2 is 1.81 bits per heavy atom. The molecule has 0 fully saturated rings. The molecular formula is C21H15Br2NO2. The normalized spacial score (nSPS) is 14.1. The fraction of sp³-hybridized carbons (Fsp3) is 0.0952. The van der Waals surface area contributed by atoms with E-state index in [1.807, 2.05) is 42.5 Å². The number of fused-ring (bicyclic) bond motifs is 1. The molecule has 1 heterocycles. The molecule has 3 nitrogen and oxygen atoms in total. The average Bonchev–Trinajstić information content (AvgIpc) is 3.05. The summed E-state index contributed by atoms with van der Waals surface area (Å²) in [6, 6.07) is 15.5. The topological polar surface area (TPSA) is 42.2 Å². The highest BCUT2D eigenvalue weighted by Crippen LogP contribution is 2.32. The van der Waals surface area contributed by atoms with Crippen LogP contribution in [0.5, 0.6) is 0 Å². The second kappa shape index (κ2) is 7.25. The molecule has 0 bridgehead atoms. The van der Waals surface area contributed by atoms with E-state index < -0.39 is 0 Å². The van der Waals surface area contributed by atoms with Gasteiger partial charge in [0.1, 0.15) is 11.3 Å². The van der Waals surface area contributed by atoms with Crippen LogP contribution in [0.2, 0.25) is 0 Å². The van der Waals surface area contributed by atoms with Gasteiger partial charge in [0.25, 0.3) is 5.91 Å². The Morgan fingerprint density at radius 1 is 1.04 bits per heavy atom. The molecule has 26 heavy (non-hydrogen) atoms. The van der Waals surface area contributed by atoms with E-state index in [9.17, 15) is 4.79 Å². The minimum absolute atomic E-state index is 0.151. The minimum atomic E-state index is -0.151. The number of benzene rings is 2. The number of halogens is 2. The molecule has 0 atom stereocenters. The zero-order chi connectivity index (χ0) is 18.1. The fourth-order valence-corrected chi connectivity index (χ4v) is 4.34. The first kappa shape index (κ1) is 17.3. The first-order valence-corrected chi connectivity index (χ1v) is 9.85. The average molecular weight is 473 g/mol. The third-order valence-electron chi connectivity index (χ3n) is 4.27. The SMILES string of the molecule is O=C(NC1=C(c2cc3ccccc3o2)CCC=C1)c1cc(Br)cc(Br)c1. The lowest BCUT2D eigenvalue weighted by atomic mass is 9.99. The zero-order valence-electron chi connectivity index (χ0n) is 13.8. The summed E-state index contributed by atoms with van der Waals surface area (Å²) >= 11 is 6.85. The molecule has 1 aliphatic rings. The molecule has 1 aliphatic carbocycles. The van der Waals surface area contributed by atoms with Crippen LogP contribution in [0, 0.1) is 0 Å². The number of nitrogens with one attached hydrogen (secondary N) is 1. The maximum atomic E-state index is 12.7. The van der Waals surface area contributed by atoms with Crippen LogP contribution in [0.3, 0.4) is 0 Å². The molecule has 2 aromatic carbocycles. The van der Waals surface area contributed by atoms with Crippen LogP contribution in [0.1, 0.15) is 29.0 Å². The van der Waals surface area contributed by atoms with Crippen LogP contribution < -0.4 is 5.32 Å². The number of carbonyl (C=O) groups excluding carboxylic acids is 1. The lowest BCUT2D eigenvalue weighted by Crippen LogP contribution is -2.23.